The summed E-state index contributed by atoms with van der Waals surface area (Å²) in [7, 11) is -3.16. The van der Waals surface area contributed by atoms with Crippen LogP contribution >= 0.6 is 0 Å². The fraction of sp³-hybridized carbons (Fsp3) is 0.950. The zero-order valence-electron chi connectivity index (χ0n) is 15.7. The first kappa shape index (κ1) is 17.5. The molecule has 0 N–H and O–H groups in total. The Morgan fingerprint density at radius 2 is 1.31 bits per heavy atom. The van der Waals surface area contributed by atoms with Gasteiger partial charge in [-0.3, -0.25) is 4.79 Å². The first-order chi connectivity index (χ1) is 12.5. The fourth-order valence-electron chi connectivity index (χ4n) is 7.25. The van der Waals surface area contributed by atoms with Gasteiger partial charge in [-0.05, 0) is 69.1 Å². The summed E-state index contributed by atoms with van der Waals surface area (Å²) in [4.78, 5) is 15.4. The molecular formula is C20H32N2O3S. The van der Waals surface area contributed by atoms with E-state index in [0.717, 1.165) is 62.7 Å². The molecule has 146 valence electrons. The van der Waals surface area contributed by atoms with Crippen molar-refractivity contribution in [1.29, 1.82) is 0 Å². The van der Waals surface area contributed by atoms with Gasteiger partial charge in [0.15, 0.2) is 0 Å². The van der Waals surface area contributed by atoms with Crippen molar-refractivity contribution < 1.29 is 13.2 Å². The molecule has 1 amide bonds. The Kier molecular flexibility index (Phi) is 4.16. The number of nitrogens with zero attached hydrogens (tertiary/aromatic N) is 2. The quantitative estimate of drug-likeness (QED) is 0.756. The van der Waals surface area contributed by atoms with Crippen LogP contribution in [0.1, 0.15) is 64.2 Å². The van der Waals surface area contributed by atoms with Gasteiger partial charge in [0.05, 0.1) is 10.7 Å². The third-order valence-electron chi connectivity index (χ3n) is 8.10. The molecule has 0 unspecified atom stereocenters. The highest BCUT2D eigenvalue weighted by Crippen LogP contribution is 2.60. The predicted octanol–water partition coefficient (Wildman–Crippen LogP) is 2.62. The minimum Gasteiger partial charge on any atom is -0.340 e. The highest BCUT2D eigenvalue weighted by molar-refractivity contribution is 7.89. The summed E-state index contributed by atoms with van der Waals surface area (Å²) in [6.45, 7) is 2.17. The van der Waals surface area contributed by atoms with Gasteiger partial charge in [-0.1, -0.05) is 12.8 Å². The molecule has 0 spiro atoms. The van der Waals surface area contributed by atoms with Crippen molar-refractivity contribution in [2.45, 2.75) is 69.5 Å². The highest BCUT2D eigenvalue weighted by Gasteiger charge is 2.55. The van der Waals surface area contributed by atoms with Crippen LogP contribution in [0.25, 0.3) is 0 Å². The second-order valence-electron chi connectivity index (χ2n) is 9.84. The van der Waals surface area contributed by atoms with Crippen LogP contribution in [0.15, 0.2) is 0 Å². The number of piperazine rings is 1. The van der Waals surface area contributed by atoms with Gasteiger partial charge in [0, 0.05) is 26.2 Å². The molecule has 5 saturated carbocycles. The van der Waals surface area contributed by atoms with E-state index in [1.165, 1.54) is 19.3 Å². The van der Waals surface area contributed by atoms with Crippen LogP contribution in [0.4, 0.5) is 0 Å². The number of sulfonamides is 1. The van der Waals surface area contributed by atoms with Crippen molar-refractivity contribution in [2.75, 3.05) is 26.2 Å². The summed E-state index contributed by atoms with van der Waals surface area (Å²) in [6.07, 6.45) is 11.0. The first-order valence-corrected chi connectivity index (χ1v) is 12.2. The summed E-state index contributed by atoms with van der Waals surface area (Å²) in [5.41, 5.74) is -0.0960. The van der Waals surface area contributed by atoms with Crippen LogP contribution in [0.3, 0.4) is 0 Å². The van der Waals surface area contributed by atoms with Crippen molar-refractivity contribution in [3.63, 3.8) is 0 Å². The standard InChI is InChI=1S/C20H32N2O3S/c23-19(20-12-15-9-16(13-20)11-17(10-15)14-20)21-5-7-22(8-6-21)26(24,25)18-3-1-2-4-18/h15-18H,1-14H2. The molecule has 1 heterocycles. The zero-order valence-corrected chi connectivity index (χ0v) is 16.6. The molecule has 0 radical (unpaired) electrons. The van der Waals surface area contributed by atoms with Crippen LogP contribution in [0, 0.1) is 23.2 Å². The van der Waals surface area contributed by atoms with Crippen molar-refractivity contribution in [2.24, 2.45) is 23.2 Å². The maximum Gasteiger partial charge on any atom is 0.228 e. The van der Waals surface area contributed by atoms with Crippen molar-refractivity contribution in [3.05, 3.63) is 0 Å². The Bertz CT molecular complexity index is 640. The lowest BCUT2D eigenvalue weighted by molar-refractivity contribution is -0.158. The van der Waals surface area contributed by atoms with Gasteiger partial charge in [-0.2, -0.15) is 4.31 Å². The monoisotopic (exact) mass is 380 g/mol. The van der Waals surface area contributed by atoms with Crippen LogP contribution in [-0.4, -0.2) is 55.0 Å². The van der Waals surface area contributed by atoms with Crippen LogP contribution < -0.4 is 0 Å². The maximum absolute atomic E-state index is 13.4. The van der Waals surface area contributed by atoms with Gasteiger partial charge in [0.25, 0.3) is 0 Å². The Hall–Kier alpha value is -0.620. The van der Waals surface area contributed by atoms with Gasteiger partial charge < -0.3 is 4.90 Å². The SMILES string of the molecule is O=C(N1CCN(S(=O)(=O)C2CCCC2)CC1)C12CC3CC(CC(C3)C1)C2. The number of carbonyl (C=O) groups excluding carboxylic acids is 1. The lowest BCUT2D eigenvalue weighted by Gasteiger charge is -2.57. The summed E-state index contributed by atoms with van der Waals surface area (Å²) in [5.74, 6) is 2.67. The topological polar surface area (TPSA) is 57.7 Å². The molecule has 6 aliphatic rings. The molecule has 4 bridgehead atoms. The van der Waals surface area contributed by atoms with E-state index in [2.05, 4.69) is 0 Å². The lowest BCUT2D eigenvalue weighted by atomic mass is 9.49. The van der Waals surface area contributed by atoms with Gasteiger partial charge in [-0.15, -0.1) is 0 Å². The smallest absolute Gasteiger partial charge is 0.228 e. The van der Waals surface area contributed by atoms with E-state index in [-0.39, 0.29) is 10.7 Å². The van der Waals surface area contributed by atoms with E-state index < -0.39 is 10.0 Å². The second-order valence-corrected chi connectivity index (χ2v) is 12.1. The molecule has 6 fully saturated rings. The van der Waals surface area contributed by atoms with E-state index >= 15 is 0 Å². The van der Waals surface area contributed by atoms with Gasteiger partial charge >= 0.3 is 0 Å². The Morgan fingerprint density at radius 3 is 1.81 bits per heavy atom. The number of hydrogen-bond donors (Lipinski definition) is 0. The Balaban J connectivity index is 1.25. The number of rotatable bonds is 3. The van der Waals surface area contributed by atoms with Crippen molar-refractivity contribution >= 4 is 15.9 Å². The third-order valence-corrected chi connectivity index (χ3v) is 10.5. The van der Waals surface area contributed by atoms with Gasteiger partial charge in [0.1, 0.15) is 0 Å². The number of amides is 1. The molecule has 6 rings (SSSR count). The predicted molar refractivity (Wildman–Crippen MR) is 99.9 cm³/mol. The molecule has 5 aliphatic carbocycles. The molecule has 0 aromatic heterocycles. The Labute approximate surface area is 157 Å². The molecule has 0 aromatic carbocycles. The summed E-state index contributed by atoms with van der Waals surface area (Å²) >= 11 is 0. The Morgan fingerprint density at radius 1 is 0.808 bits per heavy atom. The van der Waals surface area contributed by atoms with Crippen molar-refractivity contribution in [3.8, 4) is 0 Å². The molecular weight excluding hydrogens is 348 g/mol. The minimum atomic E-state index is -3.16. The number of carbonyl (C=O) groups is 1. The molecule has 5 nitrogen and oxygen atoms in total. The van der Waals surface area contributed by atoms with Crippen LogP contribution in [0.2, 0.25) is 0 Å². The molecule has 1 aliphatic heterocycles. The van der Waals surface area contributed by atoms with E-state index in [9.17, 15) is 13.2 Å². The normalized spacial score (nSPS) is 41.1. The van der Waals surface area contributed by atoms with E-state index in [1.54, 1.807) is 4.31 Å². The van der Waals surface area contributed by atoms with Gasteiger partial charge in [-0.25, -0.2) is 8.42 Å². The second kappa shape index (κ2) is 6.20. The fourth-order valence-corrected chi connectivity index (χ4v) is 9.27. The average Bonchev–Trinajstić information content (AvgIpc) is 3.15. The largest absolute Gasteiger partial charge is 0.340 e. The zero-order chi connectivity index (χ0) is 17.9. The first-order valence-electron chi connectivity index (χ1n) is 10.7. The molecule has 0 aromatic rings. The summed E-state index contributed by atoms with van der Waals surface area (Å²) < 4.78 is 27.3. The minimum absolute atomic E-state index is 0.0960. The molecule has 1 saturated heterocycles. The molecule has 6 heteroatoms. The van der Waals surface area contributed by atoms with E-state index in [0.29, 0.717) is 32.1 Å². The molecule has 26 heavy (non-hydrogen) atoms. The molecule has 0 atom stereocenters. The number of hydrogen-bond acceptors (Lipinski definition) is 3. The third kappa shape index (κ3) is 2.74. The maximum atomic E-state index is 13.4. The summed E-state index contributed by atoms with van der Waals surface area (Å²) in [6, 6.07) is 0. The highest BCUT2D eigenvalue weighted by atomic mass is 32.2. The summed E-state index contributed by atoms with van der Waals surface area (Å²) in [5, 5.41) is -0.173. The average molecular weight is 381 g/mol. The van der Waals surface area contributed by atoms with Crippen LogP contribution in [0.5, 0.6) is 0 Å². The van der Waals surface area contributed by atoms with Crippen molar-refractivity contribution in [1.82, 2.24) is 9.21 Å². The van der Waals surface area contributed by atoms with E-state index in [4.69, 9.17) is 0 Å². The van der Waals surface area contributed by atoms with Gasteiger partial charge in [0.2, 0.25) is 15.9 Å². The lowest BCUT2D eigenvalue weighted by Crippen LogP contribution is -2.59. The van der Waals surface area contributed by atoms with Crippen LogP contribution in [-0.2, 0) is 14.8 Å². The van der Waals surface area contributed by atoms with E-state index in [1.807, 2.05) is 4.90 Å².